The number of nitrogens with one attached hydrogen (secondary N) is 1. The quantitative estimate of drug-likeness (QED) is 0.566. The van der Waals surface area contributed by atoms with Crippen molar-refractivity contribution in [1.29, 1.82) is 5.26 Å². The molecule has 27 heavy (non-hydrogen) atoms. The molecule has 3 heterocycles. The lowest BCUT2D eigenvalue weighted by Crippen LogP contribution is -2.04. The highest BCUT2D eigenvalue weighted by atomic mass is 16.5. The number of nitrogens with zero attached hydrogens (tertiary/aromatic N) is 4. The first-order valence-corrected chi connectivity index (χ1v) is 8.53. The number of hydrogen-bond acceptors (Lipinski definition) is 5. The van der Waals surface area contributed by atoms with Gasteiger partial charge < -0.3 is 14.3 Å². The number of aryl methyl sites for hydroxylation is 2. The van der Waals surface area contributed by atoms with Crippen molar-refractivity contribution in [2.24, 2.45) is 7.05 Å². The van der Waals surface area contributed by atoms with E-state index in [9.17, 15) is 10.1 Å². The maximum Gasteiger partial charge on any atom is 0.339 e. The van der Waals surface area contributed by atoms with Crippen molar-refractivity contribution in [2.75, 3.05) is 7.11 Å². The number of ether oxygens (including phenoxy) is 1. The van der Waals surface area contributed by atoms with E-state index in [0.29, 0.717) is 11.3 Å². The summed E-state index contributed by atoms with van der Waals surface area (Å²) in [7, 11) is 3.17. The fourth-order valence-electron chi connectivity index (χ4n) is 3.21. The molecular formula is C20H17N5O2. The molecule has 134 valence electrons. The topological polar surface area (TPSA) is 96.6 Å². The van der Waals surface area contributed by atoms with Crippen LogP contribution in [-0.2, 0) is 18.2 Å². The van der Waals surface area contributed by atoms with Gasteiger partial charge in [0.15, 0.2) is 5.82 Å². The highest BCUT2D eigenvalue weighted by Gasteiger charge is 2.18. The summed E-state index contributed by atoms with van der Waals surface area (Å²) in [5, 5.41) is 10.4. The molecule has 0 amide bonds. The van der Waals surface area contributed by atoms with E-state index in [2.05, 4.69) is 27.9 Å². The monoisotopic (exact) mass is 359 g/mol. The Bertz CT molecular complexity index is 1240. The van der Waals surface area contributed by atoms with Crippen LogP contribution in [-0.4, -0.2) is 32.6 Å². The number of esters is 1. The number of imidazole rings is 1. The van der Waals surface area contributed by atoms with Crippen molar-refractivity contribution >= 4 is 28.0 Å². The first kappa shape index (κ1) is 16.8. The number of fused-ring (bicyclic) bond motifs is 2. The minimum atomic E-state index is -0.553. The van der Waals surface area contributed by atoms with Crippen molar-refractivity contribution in [2.45, 2.75) is 13.3 Å². The molecule has 0 radical (unpaired) electrons. The normalized spacial score (nSPS) is 11.0. The van der Waals surface area contributed by atoms with Crippen molar-refractivity contribution < 1.29 is 9.53 Å². The average molecular weight is 359 g/mol. The van der Waals surface area contributed by atoms with Gasteiger partial charge >= 0.3 is 5.97 Å². The maximum absolute atomic E-state index is 12.0. The van der Waals surface area contributed by atoms with Crippen LogP contribution in [0.1, 0.15) is 28.5 Å². The lowest BCUT2D eigenvalue weighted by atomic mass is 10.1. The van der Waals surface area contributed by atoms with Gasteiger partial charge in [0.2, 0.25) is 0 Å². The molecule has 1 aromatic carbocycles. The highest BCUT2D eigenvalue weighted by molar-refractivity contribution is 5.97. The van der Waals surface area contributed by atoms with Crippen LogP contribution in [0.5, 0.6) is 0 Å². The molecule has 0 aliphatic heterocycles. The van der Waals surface area contributed by atoms with Crippen LogP contribution in [0, 0.1) is 11.3 Å². The van der Waals surface area contributed by atoms with Crippen LogP contribution < -0.4 is 0 Å². The lowest BCUT2D eigenvalue weighted by Gasteiger charge is -2.03. The molecule has 0 fully saturated rings. The van der Waals surface area contributed by atoms with Gasteiger partial charge in [-0.05, 0) is 36.8 Å². The number of methoxy groups -OCH3 is 1. The first-order valence-electron chi connectivity index (χ1n) is 8.53. The van der Waals surface area contributed by atoms with E-state index in [0.717, 1.165) is 34.4 Å². The SMILES string of the molecule is CCc1ccc2cc(-c3nc4cc(C(=O)OC)c(C#N)cc4n3C)[nH]c2n1. The summed E-state index contributed by atoms with van der Waals surface area (Å²) in [5.41, 5.74) is 4.50. The van der Waals surface area contributed by atoms with Crippen molar-refractivity contribution in [1.82, 2.24) is 19.5 Å². The zero-order valence-electron chi connectivity index (χ0n) is 15.2. The third-order valence-corrected chi connectivity index (χ3v) is 4.69. The van der Waals surface area contributed by atoms with Gasteiger partial charge in [-0.25, -0.2) is 14.8 Å². The molecule has 4 rings (SSSR count). The fourth-order valence-corrected chi connectivity index (χ4v) is 3.21. The van der Waals surface area contributed by atoms with Gasteiger partial charge in [0, 0.05) is 18.1 Å². The second-order valence-electron chi connectivity index (χ2n) is 6.26. The minimum absolute atomic E-state index is 0.211. The van der Waals surface area contributed by atoms with Crippen LogP contribution in [0.3, 0.4) is 0 Å². The second kappa shape index (κ2) is 6.25. The van der Waals surface area contributed by atoms with E-state index in [1.807, 2.05) is 29.8 Å². The van der Waals surface area contributed by atoms with Crippen LogP contribution in [0.25, 0.3) is 33.6 Å². The summed E-state index contributed by atoms with van der Waals surface area (Å²) >= 11 is 0. The number of aromatic amines is 1. The van der Waals surface area contributed by atoms with Gasteiger partial charge in [-0.2, -0.15) is 5.26 Å². The molecule has 0 unspecified atom stereocenters. The number of H-pyrrole nitrogens is 1. The predicted octanol–water partition coefficient (Wildman–Crippen LogP) is 3.34. The van der Waals surface area contributed by atoms with Crippen molar-refractivity contribution in [3.63, 3.8) is 0 Å². The number of hydrogen-bond donors (Lipinski definition) is 1. The zero-order valence-corrected chi connectivity index (χ0v) is 15.2. The first-order chi connectivity index (χ1) is 13.0. The molecule has 0 bridgehead atoms. The Morgan fingerprint density at radius 3 is 2.81 bits per heavy atom. The minimum Gasteiger partial charge on any atom is -0.465 e. The van der Waals surface area contributed by atoms with Crippen LogP contribution in [0.2, 0.25) is 0 Å². The summed E-state index contributed by atoms with van der Waals surface area (Å²) in [4.78, 5) is 24.5. The number of aromatic nitrogens is 4. The third-order valence-electron chi connectivity index (χ3n) is 4.69. The summed E-state index contributed by atoms with van der Waals surface area (Å²) in [6, 6.07) is 11.4. The molecule has 0 saturated carbocycles. The molecule has 3 aromatic heterocycles. The molecule has 0 aliphatic rings. The van der Waals surface area contributed by atoms with E-state index >= 15 is 0 Å². The van der Waals surface area contributed by atoms with Crippen LogP contribution >= 0.6 is 0 Å². The van der Waals surface area contributed by atoms with Crippen LogP contribution in [0.15, 0.2) is 30.3 Å². The lowest BCUT2D eigenvalue weighted by molar-refractivity contribution is 0.0600. The Kier molecular flexibility index (Phi) is 3.89. The van der Waals surface area contributed by atoms with Gasteiger partial charge in [-0.1, -0.05) is 6.92 Å². The largest absolute Gasteiger partial charge is 0.465 e. The Morgan fingerprint density at radius 2 is 2.11 bits per heavy atom. The molecular weight excluding hydrogens is 342 g/mol. The molecule has 0 spiro atoms. The highest BCUT2D eigenvalue weighted by Crippen LogP contribution is 2.28. The Balaban J connectivity index is 1.91. The van der Waals surface area contributed by atoms with Crippen molar-refractivity contribution in [3.8, 4) is 17.6 Å². The van der Waals surface area contributed by atoms with Gasteiger partial charge in [0.1, 0.15) is 11.7 Å². The summed E-state index contributed by atoms with van der Waals surface area (Å²) in [5.74, 6) is 0.148. The molecule has 7 heteroatoms. The van der Waals surface area contributed by atoms with E-state index in [1.165, 1.54) is 7.11 Å². The maximum atomic E-state index is 12.0. The summed E-state index contributed by atoms with van der Waals surface area (Å²) in [6.45, 7) is 2.06. The van der Waals surface area contributed by atoms with E-state index in [1.54, 1.807) is 12.1 Å². The number of rotatable bonds is 3. The number of carbonyl (C=O) groups is 1. The Morgan fingerprint density at radius 1 is 1.30 bits per heavy atom. The van der Waals surface area contributed by atoms with E-state index in [4.69, 9.17) is 4.74 Å². The molecule has 0 atom stereocenters. The van der Waals surface area contributed by atoms with Gasteiger partial charge in [0.05, 0.1) is 35.0 Å². The molecule has 1 N–H and O–H groups in total. The molecule has 7 nitrogen and oxygen atoms in total. The third kappa shape index (κ3) is 2.62. The Hall–Kier alpha value is -3.66. The van der Waals surface area contributed by atoms with E-state index < -0.39 is 5.97 Å². The molecule has 4 aromatic rings. The van der Waals surface area contributed by atoms with Gasteiger partial charge in [0.25, 0.3) is 0 Å². The standard InChI is InChI=1S/C20H17N5O2/c1-4-13-6-5-11-7-16(23-18(11)22-13)19-24-15-9-14(20(26)27-3)12(10-21)8-17(15)25(19)2/h5-9H,4H2,1-3H3,(H,22,23). The van der Waals surface area contributed by atoms with E-state index in [-0.39, 0.29) is 11.1 Å². The molecule has 0 saturated heterocycles. The molecule has 0 aliphatic carbocycles. The van der Waals surface area contributed by atoms with Crippen molar-refractivity contribution in [3.05, 3.63) is 47.2 Å². The fraction of sp³-hybridized carbons (Fsp3) is 0.200. The van der Waals surface area contributed by atoms with Crippen LogP contribution in [0.4, 0.5) is 0 Å². The smallest absolute Gasteiger partial charge is 0.339 e. The number of pyridine rings is 1. The number of carbonyl (C=O) groups excluding carboxylic acids is 1. The number of benzene rings is 1. The Labute approximate surface area is 155 Å². The van der Waals surface area contributed by atoms with Gasteiger partial charge in [-0.3, -0.25) is 0 Å². The average Bonchev–Trinajstić information content (AvgIpc) is 3.26. The summed E-state index contributed by atoms with van der Waals surface area (Å²) in [6.07, 6.45) is 0.865. The predicted molar refractivity (Wildman–Crippen MR) is 101 cm³/mol. The summed E-state index contributed by atoms with van der Waals surface area (Å²) < 4.78 is 6.66. The number of nitriles is 1. The second-order valence-corrected chi connectivity index (χ2v) is 6.26. The van der Waals surface area contributed by atoms with Gasteiger partial charge in [-0.15, -0.1) is 0 Å². The zero-order chi connectivity index (χ0) is 19.1.